The first-order chi connectivity index (χ1) is 8.61. The molecule has 0 atom stereocenters. The van der Waals surface area contributed by atoms with E-state index in [1.54, 1.807) is 6.92 Å². The maximum Gasteiger partial charge on any atom is 0.232 e. The van der Waals surface area contributed by atoms with Gasteiger partial charge >= 0.3 is 0 Å². The van der Waals surface area contributed by atoms with Crippen LogP contribution in [0.1, 0.15) is 6.92 Å². The molecule has 0 amide bonds. The Labute approximate surface area is 108 Å². The summed E-state index contributed by atoms with van der Waals surface area (Å²) in [5.74, 6) is 0.0898. The summed E-state index contributed by atoms with van der Waals surface area (Å²) in [6, 6.07) is 7.53. The fraction of sp³-hybridized carbons (Fsp3) is 0.500. The standard InChI is InChI=1S/C12H19N3O2S/c1-2-18(16,17)14-11-3-5-12(6-4-11)15-9-7-13-8-10-15/h3-6,13-14H,2,7-10H2,1H3. The molecule has 1 aliphatic rings. The summed E-state index contributed by atoms with van der Waals surface area (Å²) in [7, 11) is -3.18. The van der Waals surface area contributed by atoms with Gasteiger partial charge in [-0.2, -0.15) is 0 Å². The second-order valence-corrected chi connectivity index (χ2v) is 6.30. The van der Waals surface area contributed by atoms with E-state index in [0.717, 1.165) is 31.9 Å². The molecule has 1 aromatic carbocycles. The van der Waals surface area contributed by atoms with Crippen LogP contribution in [0.5, 0.6) is 0 Å². The molecule has 18 heavy (non-hydrogen) atoms. The number of rotatable bonds is 4. The Morgan fingerprint density at radius 1 is 1.22 bits per heavy atom. The smallest absolute Gasteiger partial charge is 0.232 e. The van der Waals surface area contributed by atoms with E-state index in [0.29, 0.717) is 5.69 Å². The largest absolute Gasteiger partial charge is 0.369 e. The minimum atomic E-state index is -3.18. The van der Waals surface area contributed by atoms with Crippen molar-refractivity contribution in [3.8, 4) is 0 Å². The molecule has 1 fully saturated rings. The minimum absolute atomic E-state index is 0.0898. The molecule has 5 nitrogen and oxygen atoms in total. The Morgan fingerprint density at radius 3 is 2.39 bits per heavy atom. The maximum atomic E-state index is 11.4. The summed E-state index contributed by atoms with van der Waals surface area (Å²) in [5, 5.41) is 3.30. The van der Waals surface area contributed by atoms with Crippen molar-refractivity contribution in [3.63, 3.8) is 0 Å². The van der Waals surface area contributed by atoms with Crippen LogP contribution in [0.2, 0.25) is 0 Å². The molecule has 0 bridgehead atoms. The molecule has 0 unspecified atom stereocenters. The van der Waals surface area contributed by atoms with Gasteiger partial charge in [0.2, 0.25) is 10.0 Å². The van der Waals surface area contributed by atoms with Gasteiger partial charge in [0.05, 0.1) is 5.75 Å². The van der Waals surface area contributed by atoms with Crippen molar-refractivity contribution in [3.05, 3.63) is 24.3 Å². The van der Waals surface area contributed by atoms with Gasteiger partial charge in [-0.1, -0.05) is 0 Å². The van der Waals surface area contributed by atoms with E-state index in [2.05, 4.69) is 14.9 Å². The lowest BCUT2D eigenvalue weighted by Gasteiger charge is -2.29. The van der Waals surface area contributed by atoms with E-state index in [1.165, 1.54) is 0 Å². The molecule has 2 rings (SSSR count). The first-order valence-electron chi connectivity index (χ1n) is 6.17. The fourth-order valence-electron chi connectivity index (χ4n) is 1.92. The predicted molar refractivity (Wildman–Crippen MR) is 74.6 cm³/mol. The summed E-state index contributed by atoms with van der Waals surface area (Å²) < 4.78 is 25.4. The van der Waals surface area contributed by atoms with E-state index in [-0.39, 0.29) is 5.75 Å². The number of nitrogens with one attached hydrogen (secondary N) is 2. The van der Waals surface area contributed by atoms with Crippen LogP contribution in [0, 0.1) is 0 Å². The highest BCUT2D eigenvalue weighted by molar-refractivity contribution is 7.92. The van der Waals surface area contributed by atoms with Crippen LogP contribution in [0.4, 0.5) is 11.4 Å². The average molecular weight is 269 g/mol. The number of sulfonamides is 1. The van der Waals surface area contributed by atoms with Crippen LogP contribution >= 0.6 is 0 Å². The zero-order valence-corrected chi connectivity index (χ0v) is 11.3. The van der Waals surface area contributed by atoms with Gasteiger partial charge in [0.25, 0.3) is 0 Å². The molecule has 0 saturated carbocycles. The highest BCUT2D eigenvalue weighted by Crippen LogP contribution is 2.19. The van der Waals surface area contributed by atoms with Crippen molar-refractivity contribution in [1.29, 1.82) is 0 Å². The zero-order valence-electron chi connectivity index (χ0n) is 10.5. The third-order valence-electron chi connectivity index (χ3n) is 3.00. The summed E-state index contributed by atoms with van der Waals surface area (Å²) in [6.07, 6.45) is 0. The molecule has 1 aromatic rings. The average Bonchev–Trinajstić information content (AvgIpc) is 2.40. The van der Waals surface area contributed by atoms with Gasteiger partial charge in [-0.25, -0.2) is 8.42 Å². The Morgan fingerprint density at radius 2 is 1.83 bits per heavy atom. The number of nitrogens with zero attached hydrogens (tertiary/aromatic N) is 1. The van der Waals surface area contributed by atoms with E-state index < -0.39 is 10.0 Å². The highest BCUT2D eigenvalue weighted by Gasteiger charge is 2.11. The zero-order chi connectivity index (χ0) is 13.0. The SMILES string of the molecule is CCS(=O)(=O)Nc1ccc(N2CCNCC2)cc1. The molecule has 1 heterocycles. The molecule has 0 aromatic heterocycles. The van der Waals surface area contributed by atoms with Gasteiger partial charge in [-0.15, -0.1) is 0 Å². The summed E-state index contributed by atoms with van der Waals surface area (Å²) in [4.78, 5) is 2.29. The van der Waals surface area contributed by atoms with Gasteiger partial charge in [0.15, 0.2) is 0 Å². The first-order valence-corrected chi connectivity index (χ1v) is 7.82. The molecule has 2 N–H and O–H groups in total. The van der Waals surface area contributed by atoms with Gasteiger partial charge in [-0.3, -0.25) is 4.72 Å². The molecule has 6 heteroatoms. The van der Waals surface area contributed by atoms with E-state index in [9.17, 15) is 8.42 Å². The minimum Gasteiger partial charge on any atom is -0.369 e. The molecular formula is C12H19N3O2S. The Hall–Kier alpha value is -1.27. The Balaban J connectivity index is 2.05. The van der Waals surface area contributed by atoms with Gasteiger partial charge < -0.3 is 10.2 Å². The van der Waals surface area contributed by atoms with Gasteiger partial charge in [0.1, 0.15) is 0 Å². The third kappa shape index (κ3) is 3.36. The Bertz CT molecular complexity index is 479. The van der Waals surface area contributed by atoms with E-state index in [1.807, 2.05) is 24.3 Å². The summed E-state index contributed by atoms with van der Waals surface area (Å²) >= 11 is 0. The molecule has 100 valence electrons. The molecule has 1 aliphatic heterocycles. The van der Waals surface area contributed by atoms with Crippen LogP contribution in [0.3, 0.4) is 0 Å². The summed E-state index contributed by atoms with van der Waals surface area (Å²) in [6.45, 7) is 5.58. The topological polar surface area (TPSA) is 61.4 Å². The lowest BCUT2D eigenvalue weighted by atomic mass is 10.2. The maximum absolute atomic E-state index is 11.4. The van der Waals surface area contributed by atoms with E-state index >= 15 is 0 Å². The number of hydrogen-bond acceptors (Lipinski definition) is 4. The number of hydrogen-bond donors (Lipinski definition) is 2. The quantitative estimate of drug-likeness (QED) is 0.851. The summed E-state index contributed by atoms with van der Waals surface area (Å²) in [5.41, 5.74) is 1.76. The molecule has 0 radical (unpaired) electrons. The second kappa shape index (κ2) is 5.58. The fourth-order valence-corrected chi connectivity index (χ4v) is 2.55. The number of benzene rings is 1. The lowest BCUT2D eigenvalue weighted by molar-refractivity contribution is 0.589. The van der Waals surface area contributed by atoms with Crippen molar-refractivity contribution in [1.82, 2.24) is 5.32 Å². The predicted octanol–water partition coefficient (Wildman–Crippen LogP) is 0.858. The molecular weight excluding hydrogens is 250 g/mol. The Kier molecular flexibility index (Phi) is 4.08. The van der Waals surface area contributed by atoms with Crippen LogP contribution in [-0.2, 0) is 10.0 Å². The van der Waals surface area contributed by atoms with Crippen LogP contribution in [-0.4, -0.2) is 40.3 Å². The normalized spacial score (nSPS) is 16.6. The van der Waals surface area contributed by atoms with Crippen LogP contribution < -0.4 is 14.9 Å². The van der Waals surface area contributed by atoms with Crippen molar-refractivity contribution in [2.45, 2.75) is 6.92 Å². The van der Waals surface area contributed by atoms with E-state index in [4.69, 9.17) is 0 Å². The van der Waals surface area contributed by atoms with Gasteiger partial charge in [0, 0.05) is 37.6 Å². The molecule has 0 aliphatic carbocycles. The first kappa shape index (κ1) is 13.2. The van der Waals surface area contributed by atoms with Crippen LogP contribution in [0.25, 0.3) is 0 Å². The van der Waals surface area contributed by atoms with Crippen molar-refractivity contribution in [2.75, 3.05) is 41.6 Å². The monoisotopic (exact) mass is 269 g/mol. The molecule has 1 saturated heterocycles. The lowest BCUT2D eigenvalue weighted by Crippen LogP contribution is -2.43. The number of anilines is 2. The van der Waals surface area contributed by atoms with Crippen molar-refractivity contribution in [2.24, 2.45) is 0 Å². The highest BCUT2D eigenvalue weighted by atomic mass is 32.2. The molecule has 0 spiro atoms. The third-order valence-corrected chi connectivity index (χ3v) is 4.31. The van der Waals surface area contributed by atoms with Crippen molar-refractivity contribution >= 4 is 21.4 Å². The number of piperazine rings is 1. The second-order valence-electron chi connectivity index (χ2n) is 4.29. The van der Waals surface area contributed by atoms with Gasteiger partial charge in [-0.05, 0) is 31.2 Å². The van der Waals surface area contributed by atoms with Crippen LogP contribution in [0.15, 0.2) is 24.3 Å². The van der Waals surface area contributed by atoms with Crippen molar-refractivity contribution < 1.29 is 8.42 Å².